The van der Waals surface area contributed by atoms with Crippen molar-refractivity contribution in [1.82, 2.24) is 9.55 Å². The molecule has 2 heterocycles. The van der Waals surface area contributed by atoms with Gasteiger partial charge in [0.2, 0.25) is 13.6 Å². The molecule has 5 atom stereocenters. The van der Waals surface area contributed by atoms with Gasteiger partial charge in [0.05, 0.1) is 32.5 Å². The molecular weight excluding hydrogens is 619 g/mol. The maximum Gasteiger partial charge on any atom is 0.510 e. The van der Waals surface area contributed by atoms with Crippen molar-refractivity contribution in [2.24, 2.45) is 11.8 Å². The Bertz CT molecular complexity index is 1190. The highest BCUT2D eigenvalue weighted by molar-refractivity contribution is 7.48. The molecule has 1 N–H and O–H groups in total. The summed E-state index contributed by atoms with van der Waals surface area (Å²) in [5.41, 5.74) is -1.22. The number of aromatic amines is 1. The Morgan fingerprint density at radius 3 is 1.82 bits per heavy atom. The molecule has 0 radical (unpaired) electrons. The van der Waals surface area contributed by atoms with Gasteiger partial charge in [-0.3, -0.25) is 18.9 Å². The van der Waals surface area contributed by atoms with Gasteiger partial charge in [-0.15, -0.1) is 0 Å². The third-order valence-electron chi connectivity index (χ3n) is 6.38. The normalized spacial score (nSPS) is 22.6. The molecule has 0 amide bonds. The Balaban J connectivity index is 1.60. The van der Waals surface area contributed by atoms with Crippen LogP contribution in [0, 0.1) is 11.8 Å². The standard InChI is InChI=1S/C24H37N2O17P/c1-14-18-19(42-21(14)26-7-6-17(27)25-22(26)28)20(18)43-44(31,38-12-36-23(29)40-15(8-32-2)9-33-3)39-13-37-24(30)41-16(10-34-4)11-35-5/h6-7,14-16,18-21H,8-13H2,1-5H3,(H,25,27,28)/t14-,18?,19-,20?,21+/m0/s1. The van der Waals surface area contributed by atoms with E-state index in [0.717, 1.165) is 0 Å². The minimum atomic E-state index is -4.59. The van der Waals surface area contributed by atoms with Crippen LogP contribution in [0.1, 0.15) is 13.2 Å². The molecule has 2 unspecified atom stereocenters. The molecule has 19 nitrogen and oxygen atoms in total. The van der Waals surface area contributed by atoms with E-state index in [1.54, 1.807) is 6.92 Å². The summed E-state index contributed by atoms with van der Waals surface area (Å²) in [7, 11) is 1.01. The molecule has 44 heavy (non-hydrogen) atoms. The zero-order chi connectivity index (χ0) is 32.3. The van der Waals surface area contributed by atoms with Gasteiger partial charge in [-0.25, -0.2) is 28.0 Å². The van der Waals surface area contributed by atoms with Crippen molar-refractivity contribution in [3.63, 3.8) is 0 Å². The number of nitrogens with one attached hydrogen (secondary N) is 1. The van der Waals surface area contributed by atoms with E-state index in [4.69, 9.17) is 56.2 Å². The number of fused-ring (bicyclic) bond motifs is 1. The van der Waals surface area contributed by atoms with E-state index < -0.39 is 75.6 Å². The summed E-state index contributed by atoms with van der Waals surface area (Å²) in [4.78, 5) is 49.9. The smallest absolute Gasteiger partial charge is 0.426 e. The largest absolute Gasteiger partial charge is 0.510 e. The molecule has 3 rings (SSSR count). The second kappa shape index (κ2) is 17.0. The average Bonchev–Trinajstić information content (AvgIpc) is 3.50. The number of hydrogen-bond acceptors (Lipinski definition) is 17. The van der Waals surface area contributed by atoms with E-state index in [-0.39, 0.29) is 38.3 Å². The van der Waals surface area contributed by atoms with Crippen molar-refractivity contribution in [3.05, 3.63) is 33.1 Å². The summed E-state index contributed by atoms with van der Waals surface area (Å²) in [5, 5.41) is 0. The number of aromatic nitrogens is 2. The molecule has 1 aromatic rings. The summed E-state index contributed by atoms with van der Waals surface area (Å²) in [6.45, 7) is -0.0265. The molecule has 1 aliphatic carbocycles. The van der Waals surface area contributed by atoms with Crippen molar-refractivity contribution in [1.29, 1.82) is 0 Å². The van der Waals surface area contributed by atoms with Crippen LogP contribution in [0.25, 0.3) is 0 Å². The minimum Gasteiger partial charge on any atom is -0.426 e. The first-order valence-electron chi connectivity index (χ1n) is 13.2. The van der Waals surface area contributed by atoms with Gasteiger partial charge in [0, 0.05) is 52.5 Å². The minimum absolute atomic E-state index is 0.0202. The number of hydrogen-bond donors (Lipinski definition) is 1. The molecule has 1 aromatic heterocycles. The first-order chi connectivity index (χ1) is 21.0. The van der Waals surface area contributed by atoms with E-state index >= 15 is 0 Å². The molecule has 0 aromatic carbocycles. The van der Waals surface area contributed by atoms with Crippen molar-refractivity contribution < 1.29 is 70.4 Å². The predicted molar refractivity (Wildman–Crippen MR) is 142 cm³/mol. The van der Waals surface area contributed by atoms with Crippen LogP contribution in [0.4, 0.5) is 9.59 Å². The number of carbonyl (C=O) groups excluding carboxylic acids is 2. The fourth-order valence-corrected chi connectivity index (χ4v) is 5.56. The van der Waals surface area contributed by atoms with Crippen LogP contribution in [0.3, 0.4) is 0 Å². The summed E-state index contributed by atoms with van der Waals surface area (Å²) >= 11 is 0. The molecule has 2 fully saturated rings. The fraction of sp³-hybridized carbons (Fsp3) is 0.750. The van der Waals surface area contributed by atoms with Crippen LogP contribution in [0.5, 0.6) is 0 Å². The highest BCUT2D eigenvalue weighted by Crippen LogP contribution is 2.62. The Morgan fingerprint density at radius 2 is 1.41 bits per heavy atom. The van der Waals surface area contributed by atoms with Crippen molar-refractivity contribution >= 4 is 20.1 Å². The van der Waals surface area contributed by atoms with E-state index in [1.807, 2.05) is 0 Å². The first-order valence-corrected chi connectivity index (χ1v) is 14.7. The summed E-state index contributed by atoms with van der Waals surface area (Å²) < 4.78 is 76.0. The Labute approximate surface area is 251 Å². The third-order valence-corrected chi connectivity index (χ3v) is 7.73. The molecule has 1 saturated heterocycles. The Hall–Kier alpha value is -2.87. The van der Waals surface area contributed by atoms with Gasteiger partial charge in [-0.2, -0.15) is 0 Å². The lowest BCUT2D eigenvalue weighted by Crippen LogP contribution is -2.34. The van der Waals surface area contributed by atoms with Crippen LogP contribution in [0.2, 0.25) is 0 Å². The van der Waals surface area contributed by atoms with Crippen LogP contribution in [-0.2, 0) is 60.8 Å². The van der Waals surface area contributed by atoms with E-state index in [1.165, 1.54) is 45.3 Å². The quantitative estimate of drug-likeness (QED) is 0.124. The molecule has 250 valence electrons. The zero-order valence-corrected chi connectivity index (χ0v) is 25.7. The fourth-order valence-electron chi connectivity index (χ4n) is 4.44. The maximum absolute atomic E-state index is 13.5. The van der Waals surface area contributed by atoms with E-state index in [0.29, 0.717) is 0 Å². The lowest BCUT2D eigenvalue weighted by molar-refractivity contribution is -0.0770. The number of ether oxygens (including phenoxy) is 9. The first kappa shape index (κ1) is 35.6. The van der Waals surface area contributed by atoms with Crippen molar-refractivity contribution in [3.8, 4) is 0 Å². The summed E-state index contributed by atoms with van der Waals surface area (Å²) in [6.07, 6.45) is -4.83. The van der Waals surface area contributed by atoms with Gasteiger partial charge in [0.15, 0.2) is 12.2 Å². The lowest BCUT2D eigenvalue weighted by atomic mass is 10.1. The number of rotatable bonds is 19. The lowest BCUT2D eigenvalue weighted by Gasteiger charge is -2.24. The molecule has 1 aliphatic heterocycles. The van der Waals surface area contributed by atoms with Gasteiger partial charge in [-0.1, -0.05) is 6.92 Å². The molecule has 1 saturated carbocycles. The summed E-state index contributed by atoms with van der Waals surface area (Å²) in [5.74, 6) is -0.694. The predicted octanol–water partition coefficient (Wildman–Crippen LogP) is 0.771. The number of phosphoric acid groups is 1. The molecule has 0 bridgehead atoms. The van der Waals surface area contributed by atoms with Gasteiger partial charge in [-0.05, 0) is 0 Å². The highest BCUT2D eigenvalue weighted by Gasteiger charge is 2.66. The summed E-state index contributed by atoms with van der Waals surface area (Å²) in [6, 6.07) is 1.18. The van der Waals surface area contributed by atoms with Gasteiger partial charge in [0.1, 0.15) is 12.3 Å². The second-order valence-electron chi connectivity index (χ2n) is 9.55. The van der Waals surface area contributed by atoms with Crippen LogP contribution >= 0.6 is 7.82 Å². The number of methoxy groups -OCH3 is 4. The third kappa shape index (κ3) is 10.1. The number of phosphoric ester groups is 1. The average molecular weight is 657 g/mol. The zero-order valence-electron chi connectivity index (χ0n) is 24.8. The van der Waals surface area contributed by atoms with Crippen molar-refractivity contribution in [2.45, 2.75) is 37.6 Å². The molecule has 20 heteroatoms. The van der Waals surface area contributed by atoms with Crippen LogP contribution < -0.4 is 11.2 Å². The topological polar surface area (TPSA) is 217 Å². The Morgan fingerprint density at radius 1 is 0.909 bits per heavy atom. The van der Waals surface area contributed by atoms with Crippen LogP contribution in [-0.4, -0.2) is 115 Å². The second-order valence-corrected chi connectivity index (χ2v) is 11.2. The number of nitrogens with zero attached hydrogens (tertiary/aromatic N) is 1. The molecule has 2 aliphatic rings. The van der Waals surface area contributed by atoms with E-state index in [9.17, 15) is 23.7 Å². The SMILES string of the molecule is COCC(COC)OC(=O)OCOP(=O)(OCOC(=O)OC(COC)COC)OC1C2[C@@H]1O[C@@H](n1ccc(=O)[nH]c1=O)[C@H]2C. The number of H-pyrrole nitrogens is 1. The van der Waals surface area contributed by atoms with E-state index in [2.05, 4.69) is 4.98 Å². The van der Waals surface area contributed by atoms with Gasteiger partial charge < -0.3 is 42.6 Å². The number of carbonyl (C=O) groups is 2. The maximum atomic E-state index is 13.5. The monoisotopic (exact) mass is 656 g/mol. The highest BCUT2D eigenvalue weighted by atomic mass is 31.2. The van der Waals surface area contributed by atoms with Gasteiger partial charge >= 0.3 is 25.8 Å². The Kier molecular flexibility index (Phi) is 13.8. The molecular formula is C24H37N2O17P. The van der Waals surface area contributed by atoms with Gasteiger partial charge in [0.25, 0.3) is 5.56 Å². The molecule has 0 spiro atoms. The van der Waals surface area contributed by atoms with Crippen LogP contribution in [0.15, 0.2) is 21.9 Å². The van der Waals surface area contributed by atoms with Crippen molar-refractivity contribution in [2.75, 3.05) is 68.5 Å².